The van der Waals surface area contributed by atoms with Gasteiger partial charge in [0.1, 0.15) is 6.61 Å². The molecule has 1 amide bonds. The smallest absolute Gasteiger partial charge is 0.228 e. The fourth-order valence-corrected chi connectivity index (χ4v) is 3.87. The summed E-state index contributed by atoms with van der Waals surface area (Å²) in [7, 11) is 0. The Labute approximate surface area is 166 Å². The van der Waals surface area contributed by atoms with Gasteiger partial charge in [0.2, 0.25) is 5.91 Å². The molecule has 2 aliphatic heterocycles. The fourth-order valence-electron chi connectivity index (χ4n) is 3.87. The maximum Gasteiger partial charge on any atom is 0.228 e. The van der Waals surface area contributed by atoms with Crippen molar-refractivity contribution in [1.29, 1.82) is 0 Å². The minimum atomic E-state index is 0.0358. The lowest BCUT2D eigenvalue weighted by molar-refractivity contribution is -0.159. The zero-order valence-electron chi connectivity index (χ0n) is 15.9. The Bertz CT molecular complexity index is 959. The highest BCUT2D eigenvalue weighted by atomic mass is 16.5. The third-order valence-corrected chi connectivity index (χ3v) is 5.35. The summed E-state index contributed by atoms with van der Waals surface area (Å²) in [6.45, 7) is 1.61. The molecule has 0 saturated carbocycles. The molecule has 0 bridgehead atoms. The first-order chi connectivity index (χ1) is 13.8. The lowest BCUT2D eigenvalue weighted by Crippen LogP contribution is -2.60. The summed E-state index contributed by atoms with van der Waals surface area (Å²) in [4.78, 5) is 14.7. The molecule has 2 aliphatic rings. The van der Waals surface area contributed by atoms with Gasteiger partial charge < -0.3 is 9.64 Å². The summed E-state index contributed by atoms with van der Waals surface area (Å²) in [5.41, 5.74) is 3.06. The number of rotatable bonds is 2. The monoisotopic (exact) mass is 369 g/mol. The minimum absolute atomic E-state index is 0.0358. The van der Waals surface area contributed by atoms with Gasteiger partial charge in [-0.2, -0.15) is 0 Å². The molecule has 0 aromatic heterocycles. The zero-order chi connectivity index (χ0) is 19.2. The van der Waals surface area contributed by atoms with Crippen LogP contribution in [0.25, 0.3) is 0 Å². The number of hydrogen-bond acceptors (Lipinski definition) is 2. The lowest BCUT2D eigenvalue weighted by atomic mass is 9.81. The van der Waals surface area contributed by atoms with Crippen molar-refractivity contribution in [1.82, 2.24) is 4.90 Å². The van der Waals surface area contributed by atoms with E-state index in [0.29, 0.717) is 19.8 Å². The molecule has 2 heterocycles. The first-order valence-corrected chi connectivity index (χ1v) is 9.82. The number of carbonyl (C=O) groups excluding carboxylic acids is 1. The molecule has 0 spiro atoms. The van der Waals surface area contributed by atoms with Crippen LogP contribution in [-0.2, 0) is 16.1 Å². The molecule has 2 aromatic rings. The Balaban J connectivity index is 1.50. The predicted molar refractivity (Wildman–Crippen MR) is 109 cm³/mol. The molecular weight excluding hydrogens is 346 g/mol. The van der Waals surface area contributed by atoms with Crippen molar-refractivity contribution in [3.63, 3.8) is 0 Å². The van der Waals surface area contributed by atoms with Crippen molar-refractivity contribution in [2.45, 2.75) is 31.8 Å². The maximum absolute atomic E-state index is 12.7. The normalized spacial score (nSPS) is 21.6. The molecule has 2 atom stereocenters. The maximum atomic E-state index is 12.7. The Hall–Kier alpha value is -3.01. The van der Waals surface area contributed by atoms with E-state index in [1.165, 1.54) is 5.56 Å². The number of amides is 1. The third kappa shape index (κ3) is 4.11. The molecule has 140 valence electrons. The second-order valence-electron chi connectivity index (χ2n) is 7.15. The Morgan fingerprint density at radius 3 is 2.43 bits per heavy atom. The van der Waals surface area contributed by atoms with Crippen molar-refractivity contribution in [2.75, 3.05) is 13.2 Å². The van der Waals surface area contributed by atoms with Crippen LogP contribution in [-0.4, -0.2) is 30.1 Å². The SMILES string of the molecule is O=C1[C@@H]2CCOCC#Cc3ccccc3C#CCC[C@H]2N1Cc1ccccc1. The molecule has 0 aliphatic carbocycles. The minimum Gasteiger partial charge on any atom is -0.369 e. The number of ether oxygens (including phenoxy) is 1. The summed E-state index contributed by atoms with van der Waals surface area (Å²) in [5.74, 6) is 13.0. The summed E-state index contributed by atoms with van der Waals surface area (Å²) < 4.78 is 5.67. The summed E-state index contributed by atoms with van der Waals surface area (Å²) >= 11 is 0. The van der Waals surface area contributed by atoms with E-state index in [4.69, 9.17) is 4.74 Å². The van der Waals surface area contributed by atoms with Crippen LogP contribution in [0, 0.1) is 29.6 Å². The highest BCUT2D eigenvalue weighted by Crippen LogP contribution is 2.34. The molecular formula is C25H23NO2. The van der Waals surface area contributed by atoms with E-state index < -0.39 is 0 Å². The van der Waals surface area contributed by atoms with Crippen LogP contribution < -0.4 is 0 Å². The van der Waals surface area contributed by atoms with Crippen LogP contribution >= 0.6 is 0 Å². The van der Waals surface area contributed by atoms with Gasteiger partial charge in [-0.25, -0.2) is 0 Å². The molecule has 3 nitrogen and oxygen atoms in total. The number of likely N-dealkylation sites (tertiary alicyclic amines) is 1. The van der Waals surface area contributed by atoms with Crippen LogP contribution in [0.2, 0.25) is 0 Å². The van der Waals surface area contributed by atoms with Gasteiger partial charge in [-0.1, -0.05) is 66.1 Å². The standard InChI is InChI=1S/C25H23NO2/c27-25-23-16-18-28-17-8-14-22-12-5-4-11-21(22)13-6-7-15-24(23)26(25)19-20-9-2-1-3-10-20/h1-5,9-12,23-24H,7,15-19H2/t23-,24-/m1/s1. The Morgan fingerprint density at radius 1 is 0.929 bits per heavy atom. The van der Waals surface area contributed by atoms with Gasteiger partial charge >= 0.3 is 0 Å². The molecule has 1 fully saturated rings. The van der Waals surface area contributed by atoms with Crippen molar-refractivity contribution < 1.29 is 9.53 Å². The lowest BCUT2D eigenvalue weighted by Gasteiger charge is -2.47. The number of carbonyl (C=O) groups is 1. The summed E-state index contributed by atoms with van der Waals surface area (Å²) in [6, 6.07) is 18.4. The largest absolute Gasteiger partial charge is 0.369 e. The van der Waals surface area contributed by atoms with E-state index in [0.717, 1.165) is 30.4 Å². The van der Waals surface area contributed by atoms with Gasteiger partial charge in [0, 0.05) is 36.7 Å². The van der Waals surface area contributed by atoms with Crippen molar-refractivity contribution in [3.8, 4) is 23.7 Å². The van der Waals surface area contributed by atoms with Crippen molar-refractivity contribution in [2.24, 2.45) is 5.92 Å². The van der Waals surface area contributed by atoms with Crippen LogP contribution in [0.3, 0.4) is 0 Å². The highest BCUT2D eigenvalue weighted by Gasteiger charge is 2.45. The summed E-state index contributed by atoms with van der Waals surface area (Å²) in [5, 5.41) is 0. The molecule has 0 unspecified atom stereocenters. The predicted octanol–water partition coefficient (Wildman–Crippen LogP) is 3.62. The second-order valence-corrected chi connectivity index (χ2v) is 7.15. The van der Waals surface area contributed by atoms with Crippen molar-refractivity contribution >= 4 is 5.91 Å². The number of β-lactam (4-membered cyclic amide) rings is 1. The van der Waals surface area contributed by atoms with Gasteiger partial charge in [-0.3, -0.25) is 4.79 Å². The van der Waals surface area contributed by atoms with Gasteiger partial charge in [-0.15, -0.1) is 0 Å². The zero-order valence-corrected chi connectivity index (χ0v) is 15.9. The third-order valence-electron chi connectivity index (χ3n) is 5.35. The topological polar surface area (TPSA) is 29.5 Å². The molecule has 1 saturated heterocycles. The fraction of sp³-hybridized carbons (Fsp3) is 0.320. The number of nitrogens with zero attached hydrogens (tertiary/aromatic N) is 1. The van der Waals surface area contributed by atoms with E-state index in [1.807, 2.05) is 47.4 Å². The van der Waals surface area contributed by atoms with Crippen LogP contribution in [0.15, 0.2) is 54.6 Å². The van der Waals surface area contributed by atoms with Crippen molar-refractivity contribution in [3.05, 3.63) is 71.3 Å². The molecule has 2 aromatic carbocycles. The van der Waals surface area contributed by atoms with Gasteiger partial charge in [0.25, 0.3) is 0 Å². The Morgan fingerprint density at radius 2 is 1.64 bits per heavy atom. The molecule has 3 heteroatoms. The highest BCUT2D eigenvalue weighted by molar-refractivity contribution is 5.86. The van der Waals surface area contributed by atoms with Gasteiger partial charge in [-0.05, 0) is 30.5 Å². The van der Waals surface area contributed by atoms with Crippen LogP contribution in [0.1, 0.15) is 36.0 Å². The van der Waals surface area contributed by atoms with E-state index in [-0.39, 0.29) is 17.9 Å². The molecule has 4 rings (SSSR count). The van der Waals surface area contributed by atoms with E-state index in [9.17, 15) is 4.79 Å². The quantitative estimate of drug-likeness (QED) is 0.598. The molecule has 0 N–H and O–H groups in total. The van der Waals surface area contributed by atoms with E-state index in [2.05, 4.69) is 35.8 Å². The molecule has 0 radical (unpaired) electrons. The molecule has 28 heavy (non-hydrogen) atoms. The summed E-state index contributed by atoms with van der Waals surface area (Å²) in [6.07, 6.45) is 2.41. The van der Waals surface area contributed by atoms with E-state index >= 15 is 0 Å². The average Bonchev–Trinajstić information content (AvgIpc) is 2.74. The van der Waals surface area contributed by atoms with Gasteiger partial charge in [0.05, 0.1) is 5.92 Å². The number of hydrogen-bond donors (Lipinski definition) is 0. The number of benzene rings is 2. The van der Waals surface area contributed by atoms with Gasteiger partial charge in [0.15, 0.2) is 0 Å². The average molecular weight is 369 g/mol. The first-order valence-electron chi connectivity index (χ1n) is 9.82. The van der Waals surface area contributed by atoms with E-state index in [1.54, 1.807) is 0 Å². The van der Waals surface area contributed by atoms with Crippen LogP contribution in [0.4, 0.5) is 0 Å². The van der Waals surface area contributed by atoms with Crippen LogP contribution in [0.5, 0.6) is 0 Å². The number of fused-ring (bicyclic) bond motifs is 2. The first kappa shape index (κ1) is 18.4. The second kappa shape index (κ2) is 8.79. The Kier molecular flexibility index (Phi) is 5.76.